The minimum atomic E-state index is -4.02. The van der Waals surface area contributed by atoms with Crippen LogP contribution in [0.4, 0.5) is 0 Å². The monoisotopic (exact) mass is 555 g/mol. The molecule has 0 aromatic heterocycles. The molecule has 0 saturated carbocycles. The fraction of sp³-hybridized carbons (Fsp3) is 0.767. The first-order valence-corrected chi connectivity index (χ1v) is 16.4. The van der Waals surface area contributed by atoms with Crippen molar-refractivity contribution in [1.29, 1.82) is 0 Å². The molecule has 0 aliphatic carbocycles. The second-order valence-corrected chi connectivity index (χ2v) is 13.4. The van der Waals surface area contributed by atoms with Gasteiger partial charge >= 0.3 is 5.97 Å². The van der Waals surface area contributed by atoms with Gasteiger partial charge in [-0.05, 0) is 30.5 Å². The first-order chi connectivity index (χ1) is 18.0. The lowest BCUT2D eigenvalue weighted by atomic mass is 10.0. The third-order valence-corrected chi connectivity index (χ3v) is 7.86. The van der Waals surface area contributed by atoms with Gasteiger partial charge in [-0.2, -0.15) is 0 Å². The highest BCUT2D eigenvalue weighted by atomic mass is 31.2. The molecule has 0 amide bonds. The highest BCUT2D eigenvalue weighted by molar-refractivity contribution is 7.51. The molecule has 38 heavy (non-hydrogen) atoms. The van der Waals surface area contributed by atoms with Crippen LogP contribution in [-0.2, 0) is 25.0 Å². The number of quaternary nitrogens is 1. The van der Waals surface area contributed by atoms with Crippen LogP contribution in [0.3, 0.4) is 0 Å². The largest absolute Gasteiger partial charge is 0.778 e. The maximum Gasteiger partial charge on any atom is 0.303 e. The molecule has 0 N–H and O–H groups in total. The van der Waals surface area contributed by atoms with E-state index >= 15 is 0 Å². The number of ether oxygens (including phenoxy) is 2. The predicted octanol–water partition coefficient (Wildman–Crippen LogP) is 6.52. The van der Waals surface area contributed by atoms with E-state index in [2.05, 4.69) is 13.0 Å². The summed E-state index contributed by atoms with van der Waals surface area (Å²) in [7, 11) is 2.02. The molecule has 1 aromatic rings. The molecule has 0 radical (unpaired) electrons. The van der Waals surface area contributed by atoms with Gasteiger partial charge in [0.1, 0.15) is 20.0 Å². The summed E-state index contributed by atoms with van der Waals surface area (Å²) in [5, 5.41) is 0. The van der Waals surface area contributed by atoms with Gasteiger partial charge in [0, 0.05) is 19.5 Å². The van der Waals surface area contributed by atoms with Gasteiger partial charge in [-0.25, -0.2) is 0 Å². The highest BCUT2D eigenvalue weighted by Crippen LogP contribution is 2.37. The molecular formula is C30H54NO6P. The number of nitrogens with zero attached hydrogens (tertiary/aromatic N) is 1. The Balaban J connectivity index is 2.36. The average Bonchev–Trinajstić information content (AvgIpc) is 2.83. The topological polar surface area (TPSA) is 84.9 Å². The first kappa shape index (κ1) is 34.6. The summed E-state index contributed by atoms with van der Waals surface area (Å²) in [4.78, 5) is 23.8. The summed E-state index contributed by atoms with van der Waals surface area (Å²) in [6, 6.07) is 7.92. The van der Waals surface area contributed by atoms with Crippen LogP contribution in [0.5, 0.6) is 5.75 Å². The predicted molar refractivity (Wildman–Crippen MR) is 154 cm³/mol. The molecular weight excluding hydrogens is 501 g/mol. The molecule has 220 valence electrons. The summed E-state index contributed by atoms with van der Waals surface area (Å²) < 4.78 is 29.3. The molecule has 0 aliphatic rings. The zero-order valence-corrected chi connectivity index (χ0v) is 25.6. The van der Waals surface area contributed by atoms with Gasteiger partial charge in [0.25, 0.3) is 0 Å². The van der Waals surface area contributed by atoms with Crippen molar-refractivity contribution in [3.8, 4) is 5.75 Å². The third kappa shape index (κ3) is 19.6. The van der Waals surface area contributed by atoms with E-state index in [1.165, 1.54) is 76.7 Å². The number of carbonyl (C=O) groups excluding carboxylic acids is 1. The number of hydrogen-bond donors (Lipinski definition) is 0. The number of aryl methyl sites for hydroxylation is 1. The van der Waals surface area contributed by atoms with E-state index in [1.807, 2.05) is 39.3 Å². The van der Waals surface area contributed by atoms with Crippen molar-refractivity contribution in [2.75, 3.05) is 47.1 Å². The molecule has 2 atom stereocenters. The number of rotatable bonds is 23. The molecule has 2 unspecified atom stereocenters. The van der Waals surface area contributed by atoms with Crippen molar-refractivity contribution in [1.82, 2.24) is 0 Å². The first-order valence-electron chi connectivity index (χ1n) is 14.6. The van der Waals surface area contributed by atoms with Gasteiger partial charge in [0.2, 0.25) is 0 Å². The SMILES string of the molecule is CCCCCCCCCCCCCc1cccc(OCC(COP(=O)([O-])CCC[N+](C)(C)C)OC(C)=O)c1. The Morgan fingerprint density at radius 1 is 0.921 bits per heavy atom. The number of esters is 1. The van der Waals surface area contributed by atoms with E-state index in [-0.39, 0.29) is 19.4 Å². The number of benzene rings is 1. The van der Waals surface area contributed by atoms with E-state index < -0.39 is 19.7 Å². The van der Waals surface area contributed by atoms with E-state index in [0.29, 0.717) is 16.7 Å². The Hall–Kier alpha value is -1.40. The lowest BCUT2D eigenvalue weighted by Crippen LogP contribution is -2.36. The molecule has 0 bridgehead atoms. The van der Waals surface area contributed by atoms with E-state index in [1.54, 1.807) is 0 Å². The summed E-state index contributed by atoms with van der Waals surface area (Å²) in [5.74, 6) is 0.175. The van der Waals surface area contributed by atoms with Crippen LogP contribution in [-0.4, -0.2) is 63.6 Å². The fourth-order valence-electron chi connectivity index (χ4n) is 4.32. The van der Waals surface area contributed by atoms with Crippen LogP contribution in [0, 0.1) is 0 Å². The summed E-state index contributed by atoms with van der Waals surface area (Å²) in [6.07, 6.45) is 15.2. The van der Waals surface area contributed by atoms with Crippen molar-refractivity contribution in [2.24, 2.45) is 0 Å². The van der Waals surface area contributed by atoms with Crippen LogP contribution in [0.25, 0.3) is 0 Å². The Labute approximate surface area is 232 Å². The van der Waals surface area contributed by atoms with Crippen LogP contribution >= 0.6 is 7.60 Å². The van der Waals surface area contributed by atoms with Crippen molar-refractivity contribution in [3.63, 3.8) is 0 Å². The van der Waals surface area contributed by atoms with Gasteiger partial charge < -0.3 is 27.9 Å². The number of unbranched alkanes of at least 4 members (excludes halogenated alkanes) is 10. The quantitative estimate of drug-likeness (QED) is 0.0662. The minimum absolute atomic E-state index is 0.0281. The molecule has 8 heteroatoms. The molecule has 1 rings (SSSR count). The van der Waals surface area contributed by atoms with Crippen LogP contribution in [0.2, 0.25) is 0 Å². The maximum atomic E-state index is 12.3. The molecule has 0 saturated heterocycles. The van der Waals surface area contributed by atoms with Gasteiger partial charge in [-0.1, -0.05) is 83.3 Å². The zero-order chi connectivity index (χ0) is 28.3. The fourth-order valence-corrected chi connectivity index (χ4v) is 5.38. The summed E-state index contributed by atoms with van der Waals surface area (Å²) >= 11 is 0. The Bertz CT molecular complexity index is 810. The van der Waals surface area contributed by atoms with E-state index in [9.17, 15) is 14.3 Å². The highest BCUT2D eigenvalue weighted by Gasteiger charge is 2.19. The van der Waals surface area contributed by atoms with Crippen molar-refractivity contribution < 1.29 is 32.7 Å². The summed E-state index contributed by atoms with van der Waals surface area (Å²) in [5.41, 5.74) is 1.21. The lowest BCUT2D eigenvalue weighted by molar-refractivity contribution is -0.870. The smallest absolute Gasteiger partial charge is 0.303 e. The molecule has 7 nitrogen and oxygen atoms in total. The van der Waals surface area contributed by atoms with Crippen molar-refractivity contribution in [3.05, 3.63) is 29.8 Å². The summed E-state index contributed by atoms with van der Waals surface area (Å²) in [6.45, 7) is 4.05. The van der Waals surface area contributed by atoms with Gasteiger partial charge in [-0.15, -0.1) is 0 Å². The average molecular weight is 556 g/mol. The normalized spacial score (nSPS) is 14.2. The number of hydrogen-bond acceptors (Lipinski definition) is 6. The van der Waals surface area contributed by atoms with Gasteiger partial charge in [-0.3, -0.25) is 4.79 Å². The van der Waals surface area contributed by atoms with Crippen LogP contribution in [0.1, 0.15) is 96.5 Å². The third-order valence-electron chi connectivity index (χ3n) is 6.45. The second-order valence-electron chi connectivity index (χ2n) is 11.5. The van der Waals surface area contributed by atoms with Crippen LogP contribution < -0.4 is 9.63 Å². The Kier molecular flexibility index (Phi) is 17.9. The van der Waals surface area contributed by atoms with Crippen LogP contribution in [0.15, 0.2) is 24.3 Å². The van der Waals surface area contributed by atoms with E-state index in [0.717, 1.165) is 19.4 Å². The molecule has 0 spiro atoms. The van der Waals surface area contributed by atoms with Crippen molar-refractivity contribution in [2.45, 2.75) is 103 Å². The molecule has 0 heterocycles. The molecule has 1 aromatic carbocycles. The van der Waals surface area contributed by atoms with Gasteiger partial charge in [0.05, 0.1) is 34.3 Å². The lowest BCUT2D eigenvalue weighted by Gasteiger charge is -2.28. The zero-order valence-electron chi connectivity index (χ0n) is 24.8. The Morgan fingerprint density at radius 2 is 1.53 bits per heavy atom. The van der Waals surface area contributed by atoms with Gasteiger partial charge in [0.15, 0.2) is 6.10 Å². The van der Waals surface area contributed by atoms with E-state index in [4.69, 9.17) is 14.0 Å². The molecule has 0 fully saturated rings. The number of carbonyl (C=O) groups is 1. The standard InChI is InChI=1S/C30H54NO6P/c1-6-7-8-9-10-11-12-13-14-15-16-19-28-20-17-21-29(24-28)35-25-30(37-27(2)32)26-36-38(33,34)23-18-22-31(3,4)5/h17,20-21,24,30H,6-16,18-19,22-23,25-26H2,1-5H3. The maximum absolute atomic E-state index is 12.3. The minimum Gasteiger partial charge on any atom is -0.778 e. The Morgan fingerprint density at radius 3 is 2.11 bits per heavy atom. The van der Waals surface area contributed by atoms with Crippen molar-refractivity contribution >= 4 is 13.6 Å². The second kappa shape index (κ2) is 19.6. The molecule has 0 aliphatic heterocycles.